The molecule has 0 aliphatic rings. The summed E-state index contributed by atoms with van der Waals surface area (Å²) >= 11 is 1.43. The number of thiazole rings is 1. The summed E-state index contributed by atoms with van der Waals surface area (Å²) in [5, 5.41) is 3.41. The van der Waals surface area contributed by atoms with Gasteiger partial charge in [-0.25, -0.2) is 4.98 Å². The molecule has 4 aromatic carbocycles. The van der Waals surface area contributed by atoms with E-state index in [0.717, 1.165) is 32.8 Å². The number of ether oxygens (including phenoxy) is 1. The smallest absolute Gasteiger partial charge is 0.226 e. The van der Waals surface area contributed by atoms with Gasteiger partial charge in [0.05, 0.1) is 17.7 Å². The van der Waals surface area contributed by atoms with Crippen LogP contribution in [-0.2, 0) is 4.79 Å². The monoisotopic (exact) mass is 518 g/mol. The van der Waals surface area contributed by atoms with Gasteiger partial charge in [-0.2, -0.15) is 0 Å². The molecular formula is C32H26N2O3S. The molecule has 0 spiro atoms. The highest BCUT2D eigenvalue weighted by molar-refractivity contribution is 7.19. The number of anilines is 1. The molecule has 0 unspecified atom stereocenters. The number of Topliss-reactive ketones (excluding diaryl/α,β-unsaturated/α-hetero) is 1. The van der Waals surface area contributed by atoms with Gasteiger partial charge >= 0.3 is 0 Å². The fourth-order valence-corrected chi connectivity index (χ4v) is 5.14. The number of rotatable bonds is 9. The molecule has 5 aromatic rings. The maximum atomic E-state index is 12.7. The number of methoxy groups -OCH3 is 1. The summed E-state index contributed by atoms with van der Waals surface area (Å²) < 4.78 is 5.13. The van der Waals surface area contributed by atoms with E-state index >= 15 is 0 Å². The lowest BCUT2D eigenvalue weighted by Gasteiger charge is -2.05. The predicted octanol–water partition coefficient (Wildman–Crippen LogP) is 7.75. The summed E-state index contributed by atoms with van der Waals surface area (Å²) in [5.41, 5.74) is 5.66. The highest BCUT2D eigenvalue weighted by Gasteiger charge is 2.17. The number of nitrogens with one attached hydrogen (secondary N) is 1. The quantitative estimate of drug-likeness (QED) is 0.203. The number of ketones is 1. The van der Waals surface area contributed by atoms with Crippen molar-refractivity contribution in [3.05, 3.63) is 115 Å². The maximum absolute atomic E-state index is 12.7. The van der Waals surface area contributed by atoms with Crippen LogP contribution < -0.4 is 10.1 Å². The number of carbonyl (C=O) groups excluding carboxylic acids is 2. The number of aromatic nitrogens is 1. The molecule has 0 aliphatic carbocycles. The van der Waals surface area contributed by atoms with E-state index in [1.165, 1.54) is 11.3 Å². The standard InChI is InChI=1S/C32H26N2O3S/c1-37-27-18-16-24(17-19-27)28(35)20-21-29(36)33-32-34-30(25-10-6-3-7-11-25)31(38-32)26-14-12-23(13-15-26)22-8-4-2-5-9-22/h2-19H,20-21H2,1H3,(H,33,34,36). The number of hydrogen-bond acceptors (Lipinski definition) is 5. The van der Waals surface area contributed by atoms with E-state index in [2.05, 4.69) is 41.7 Å². The summed E-state index contributed by atoms with van der Waals surface area (Å²) in [6.45, 7) is 0. The van der Waals surface area contributed by atoms with Crippen LogP contribution in [0.5, 0.6) is 5.75 Å². The van der Waals surface area contributed by atoms with Crippen LogP contribution >= 0.6 is 11.3 Å². The number of hydrogen-bond donors (Lipinski definition) is 1. The van der Waals surface area contributed by atoms with E-state index in [9.17, 15) is 9.59 Å². The molecule has 5 nitrogen and oxygen atoms in total. The molecule has 0 saturated carbocycles. The van der Waals surface area contributed by atoms with Crippen molar-refractivity contribution in [3.8, 4) is 38.6 Å². The van der Waals surface area contributed by atoms with Crippen LogP contribution in [0.2, 0.25) is 0 Å². The van der Waals surface area contributed by atoms with Crippen molar-refractivity contribution in [2.75, 3.05) is 12.4 Å². The number of benzene rings is 4. The molecule has 5 rings (SSSR count). The lowest BCUT2D eigenvalue weighted by atomic mass is 10.0. The molecule has 1 heterocycles. The van der Waals surface area contributed by atoms with E-state index in [4.69, 9.17) is 9.72 Å². The molecule has 6 heteroatoms. The summed E-state index contributed by atoms with van der Waals surface area (Å²) in [5.74, 6) is 0.347. The van der Waals surface area contributed by atoms with Crippen LogP contribution in [0.25, 0.3) is 32.8 Å². The lowest BCUT2D eigenvalue weighted by Crippen LogP contribution is -2.13. The third kappa shape index (κ3) is 5.88. The molecule has 0 fully saturated rings. The lowest BCUT2D eigenvalue weighted by molar-refractivity contribution is -0.116. The molecule has 1 aromatic heterocycles. The summed E-state index contributed by atoms with van der Waals surface area (Å²) in [4.78, 5) is 31.0. The summed E-state index contributed by atoms with van der Waals surface area (Å²) in [7, 11) is 1.58. The van der Waals surface area contributed by atoms with Gasteiger partial charge in [0.25, 0.3) is 0 Å². The molecular weight excluding hydrogens is 492 g/mol. The van der Waals surface area contributed by atoms with E-state index in [0.29, 0.717) is 16.4 Å². The Kier molecular flexibility index (Phi) is 7.71. The van der Waals surface area contributed by atoms with E-state index < -0.39 is 0 Å². The van der Waals surface area contributed by atoms with Gasteiger partial charge < -0.3 is 10.1 Å². The molecule has 0 saturated heterocycles. The molecule has 38 heavy (non-hydrogen) atoms. The van der Waals surface area contributed by atoms with Crippen LogP contribution in [0.3, 0.4) is 0 Å². The van der Waals surface area contributed by atoms with Gasteiger partial charge in [-0.15, -0.1) is 0 Å². The van der Waals surface area contributed by atoms with Gasteiger partial charge in [-0.3, -0.25) is 9.59 Å². The summed E-state index contributed by atoms with van der Waals surface area (Å²) in [6.07, 6.45) is 0.190. The van der Waals surface area contributed by atoms with Crippen molar-refractivity contribution in [2.45, 2.75) is 12.8 Å². The van der Waals surface area contributed by atoms with Gasteiger partial charge in [0.1, 0.15) is 5.75 Å². The minimum atomic E-state index is -0.244. The highest BCUT2D eigenvalue weighted by atomic mass is 32.1. The number of carbonyl (C=O) groups is 2. The first-order valence-corrected chi connectivity index (χ1v) is 13.1. The van der Waals surface area contributed by atoms with E-state index in [1.54, 1.807) is 31.4 Å². The second-order valence-electron chi connectivity index (χ2n) is 8.71. The zero-order valence-corrected chi connectivity index (χ0v) is 21.7. The van der Waals surface area contributed by atoms with Gasteiger partial charge in [0, 0.05) is 24.0 Å². The Morgan fingerprint density at radius 1 is 0.711 bits per heavy atom. The Balaban J connectivity index is 1.33. The van der Waals surface area contributed by atoms with Crippen LogP contribution in [0.15, 0.2) is 109 Å². The maximum Gasteiger partial charge on any atom is 0.226 e. The van der Waals surface area contributed by atoms with Crippen molar-refractivity contribution in [3.63, 3.8) is 0 Å². The molecule has 0 aliphatic heterocycles. The molecule has 0 radical (unpaired) electrons. The average molecular weight is 519 g/mol. The molecule has 0 atom stereocenters. The van der Waals surface area contributed by atoms with Gasteiger partial charge in [-0.05, 0) is 41.0 Å². The molecule has 0 bridgehead atoms. The largest absolute Gasteiger partial charge is 0.497 e. The van der Waals surface area contributed by atoms with E-state index in [1.807, 2.05) is 48.5 Å². The van der Waals surface area contributed by atoms with Crippen LogP contribution in [0.4, 0.5) is 5.13 Å². The van der Waals surface area contributed by atoms with Crippen molar-refractivity contribution < 1.29 is 14.3 Å². The second-order valence-corrected chi connectivity index (χ2v) is 9.71. The van der Waals surface area contributed by atoms with Crippen LogP contribution in [0.1, 0.15) is 23.2 Å². The van der Waals surface area contributed by atoms with Crippen LogP contribution in [0, 0.1) is 0 Å². The Bertz CT molecular complexity index is 1530. The van der Waals surface area contributed by atoms with E-state index in [-0.39, 0.29) is 24.5 Å². The van der Waals surface area contributed by atoms with Gasteiger partial charge in [0.15, 0.2) is 10.9 Å². The first kappa shape index (κ1) is 25.1. The Morgan fingerprint density at radius 3 is 1.92 bits per heavy atom. The predicted molar refractivity (Wildman–Crippen MR) is 154 cm³/mol. The normalized spacial score (nSPS) is 10.7. The molecule has 1 N–H and O–H groups in total. The first-order chi connectivity index (χ1) is 18.6. The Morgan fingerprint density at radius 2 is 1.29 bits per heavy atom. The van der Waals surface area contributed by atoms with Crippen LogP contribution in [-0.4, -0.2) is 23.8 Å². The number of nitrogens with zero attached hydrogens (tertiary/aromatic N) is 1. The van der Waals surface area contributed by atoms with Crippen molar-refractivity contribution >= 4 is 28.2 Å². The Labute approximate surface area is 225 Å². The minimum absolute atomic E-state index is 0.0756. The third-order valence-electron chi connectivity index (χ3n) is 6.17. The SMILES string of the molecule is COc1ccc(C(=O)CCC(=O)Nc2nc(-c3ccccc3)c(-c3ccc(-c4ccccc4)cc3)s2)cc1. The van der Waals surface area contributed by atoms with Crippen molar-refractivity contribution in [2.24, 2.45) is 0 Å². The molecule has 1 amide bonds. The Hall–Kier alpha value is -4.55. The number of amides is 1. The highest BCUT2D eigenvalue weighted by Crippen LogP contribution is 2.39. The van der Waals surface area contributed by atoms with Crippen molar-refractivity contribution in [1.29, 1.82) is 0 Å². The first-order valence-electron chi connectivity index (χ1n) is 12.3. The summed E-state index contributed by atoms with van der Waals surface area (Å²) in [6, 6.07) is 35.4. The minimum Gasteiger partial charge on any atom is -0.497 e. The molecule has 188 valence electrons. The topological polar surface area (TPSA) is 68.3 Å². The zero-order valence-electron chi connectivity index (χ0n) is 20.9. The third-order valence-corrected chi connectivity index (χ3v) is 7.19. The zero-order chi connectivity index (χ0) is 26.3. The fourth-order valence-electron chi connectivity index (χ4n) is 4.14. The fraction of sp³-hybridized carbons (Fsp3) is 0.0938. The van der Waals surface area contributed by atoms with Crippen molar-refractivity contribution in [1.82, 2.24) is 4.98 Å². The van der Waals surface area contributed by atoms with Gasteiger partial charge in [-0.1, -0.05) is 96.3 Å². The second kappa shape index (κ2) is 11.7. The average Bonchev–Trinajstić information content (AvgIpc) is 3.40. The van der Waals surface area contributed by atoms with Gasteiger partial charge in [0.2, 0.25) is 5.91 Å².